The van der Waals surface area contributed by atoms with Crippen molar-refractivity contribution in [3.05, 3.63) is 33.6 Å². The molecule has 21 heavy (non-hydrogen) atoms. The van der Waals surface area contributed by atoms with Gasteiger partial charge in [-0.1, -0.05) is 11.3 Å². The van der Waals surface area contributed by atoms with E-state index < -0.39 is 14.9 Å². The Morgan fingerprint density at radius 2 is 2.24 bits per heavy atom. The molecule has 11 heteroatoms. The number of nitrogens with zero attached hydrogens (tertiary/aromatic N) is 2. The lowest BCUT2D eigenvalue weighted by Crippen LogP contribution is -2.22. The van der Waals surface area contributed by atoms with Crippen LogP contribution in [-0.4, -0.2) is 30.6 Å². The van der Waals surface area contributed by atoms with Crippen LogP contribution in [0.2, 0.25) is 0 Å². The van der Waals surface area contributed by atoms with Crippen LogP contribution in [0.15, 0.2) is 16.5 Å². The van der Waals surface area contributed by atoms with Crippen LogP contribution < -0.4 is 10.0 Å². The molecule has 3 N–H and O–H groups in total. The largest absolute Gasteiger partial charge is 0.374 e. The minimum Gasteiger partial charge on any atom is -0.374 e. The number of H-pyrrole nitrogens is 1. The lowest BCUT2D eigenvalue weighted by molar-refractivity contribution is -0.383. The van der Waals surface area contributed by atoms with Gasteiger partial charge in [0.25, 0.3) is 10.0 Å². The van der Waals surface area contributed by atoms with E-state index in [1.165, 1.54) is 13.2 Å². The van der Waals surface area contributed by atoms with Crippen molar-refractivity contribution in [1.82, 2.24) is 14.9 Å². The van der Waals surface area contributed by atoms with Gasteiger partial charge >= 0.3 is 5.69 Å². The number of hydrogen-bond acceptors (Lipinski definition) is 7. The third-order valence-electron chi connectivity index (χ3n) is 2.77. The molecule has 114 valence electrons. The lowest BCUT2D eigenvalue weighted by atomic mass is 10.3. The maximum Gasteiger partial charge on any atom is 0.304 e. The summed E-state index contributed by atoms with van der Waals surface area (Å²) in [4.78, 5) is 10.2. The average Bonchev–Trinajstić information content (AvgIpc) is 3.02. The van der Waals surface area contributed by atoms with Crippen molar-refractivity contribution in [2.45, 2.75) is 17.7 Å². The van der Waals surface area contributed by atoms with Gasteiger partial charge in [0.05, 0.1) is 11.1 Å². The first-order valence-corrected chi connectivity index (χ1v) is 8.09. The Balaban J connectivity index is 2.23. The van der Waals surface area contributed by atoms with Crippen LogP contribution in [0.5, 0.6) is 0 Å². The lowest BCUT2D eigenvalue weighted by Gasteiger charge is -2.03. The Hall–Kier alpha value is -1.98. The number of anilines is 1. The summed E-state index contributed by atoms with van der Waals surface area (Å²) in [5.41, 5.74) is 1.20. The molecule has 0 radical (unpaired) electrons. The molecule has 0 bridgehead atoms. The van der Waals surface area contributed by atoms with E-state index in [2.05, 4.69) is 20.2 Å². The summed E-state index contributed by atoms with van der Waals surface area (Å²) in [7, 11) is -2.32. The third-order valence-corrected chi connectivity index (χ3v) is 5.78. The highest BCUT2D eigenvalue weighted by atomic mass is 32.2. The summed E-state index contributed by atoms with van der Waals surface area (Å²) < 4.78 is 26.6. The van der Waals surface area contributed by atoms with Gasteiger partial charge in [0.1, 0.15) is 4.21 Å². The first-order valence-electron chi connectivity index (χ1n) is 5.79. The van der Waals surface area contributed by atoms with Gasteiger partial charge in [-0.05, 0) is 6.92 Å². The molecule has 0 amide bonds. The Kier molecular flexibility index (Phi) is 4.25. The van der Waals surface area contributed by atoms with Gasteiger partial charge in [0, 0.05) is 30.9 Å². The van der Waals surface area contributed by atoms with Gasteiger partial charge in [0.15, 0.2) is 5.00 Å². The molecular formula is C10H13N5O4S2. The molecule has 0 saturated carbocycles. The Morgan fingerprint density at radius 1 is 1.52 bits per heavy atom. The van der Waals surface area contributed by atoms with Crippen molar-refractivity contribution in [3.63, 3.8) is 0 Å². The van der Waals surface area contributed by atoms with Gasteiger partial charge < -0.3 is 5.32 Å². The molecule has 0 saturated heterocycles. The topological polar surface area (TPSA) is 130 Å². The van der Waals surface area contributed by atoms with Gasteiger partial charge in [-0.2, -0.15) is 5.10 Å². The van der Waals surface area contributed by atoms with Crippen molar-refractivity contribution >= 4 is 32.0 Å². The predicted molar refractivity (Wildman–Crippen MR) is 77.9 cm³/mol. The van der Waals surface area contributed by atoms with Crippen molar-refractivity contribution in [1.29, 1.82) is 0 Å². The van der Waals surface area contributed by atoms with Crippen LogP contribution in [-0.2, 0) is 16.6 Å². The molecule has 0 spiro atoms. The number of aromatic nitrogens is 2. The molecule has 2 aromatic rings. The van der Waals surface area contributed by atoms with E-state index >= 15 is 0 Å². The molecule has 0 aliphatic rings. The number of aryl methyl sites for hydroxylation is 1. The van der Waals surface area contributed by atoms with Crippen LogP contribution >= 0.6 is 11.3 Å². The Morgan fingerprint density at radius 3 is 2.71 bits per heavy atom. The van der Waals surface area contributed by atoms with E-state index in [0.29, 0.717) is 5.56 Å². The van der Waals surface area contributed by atoms with E-state index in [1.54, 1.807) is 6.92 Å². The standard InChI is InChI=1S/C10H13N5O4S2/c1-6-7(4-12-14-6)5-13-21(18,19)9-3-8(15(16)17)10(11-2)20-9/h3-4,11,13H,5H2,1-2H3,(H,12,14). The fourth-order valence-corrected chi connectivity index (χ4v) is 3.94. The third kappa shape index (κ3) is 3.20. The number of aromatic amines is 1. The zero-order valence-corrected chi connectivity index (χ0v) is 12.8. The maximum absolute atomic E-state index is 12.2. The molecule has 0 fully saturated rings. The van der Waals surface area contributed by atoms with Crippen molar-refractivity contribution < 1.29 is 13.3 Å². The van der Waals surface area contributed by atoms with Crippen LogP contribution in [0.1, 0.15) is 11.3 Å². The summed E-state index contributed by atoms with van der Waals surface area (Å²) in [5, 5.41) is 20.2. The number of nitrogens with one attached hydrogen (secondary N) is 3. The summed E-state index contributed by atoms with van der Waals surface area (Å²) in [6.45, 7) is 1.83. The van der Waals surface area contributed by atoms with Crippen LogP contribution in [0.3, 0.4) is 0 Å². The first kappa shape index (κ1) is 15.4. The second-order valence-electron chi connectivity index (χ2n) is 4.13. The molecule has 2 heterocycles. The smallest absolute Gasteiger partial charge is 0.304 e. The molecule has 0 aromatic carbocycles. The highest BCUT2D eigenvalue weighted by Crippen LogP contribution is 2.36. The fraction of sp³-hybridized carbons (Fsp3) is 0.300. The highest BCUT2D eigenvalue weighted by Gasteiger charge is 2.25. The summed E-state index contributed by atoms with van der Waals surface area (Å²) >= 11 is 0.809. The summed E-state index contributed by atoms with van der Waals surface area (Å²) in [6.07, 6.45) is 1.52. The molecule has 2 aromatic heterocycles. The zero-order valence-electron chi connectivity index (χ0n) is 11.2. The van der Waals surface area contributed by atoms with Crippen LogP contribution in [0.4, 0.5) is 10.7 Å². The molecule has 0 aliphatic carbocycles. The molecule has 0 unspecified atom stereocenters. The quantitative estimate of drug-likeness (QED) is 0.539. The average molecular weight is 331 g/mol. The maximum atomic E-state index is 12.2. The number of hydrogen-bond donors (Lipinski definition) is 3. The number of sulfonamides is 1. The highest BCUT2D eigenvalue weighted by molar-refractivity contribution is 7.91. The van der Waals surface area contributed by atoms with Crippen LogP contribution in [0.25, 0.3) is 0 Å². The van der Waals surface area contributed by atoms with Gasteiger partial charge in [-0.25, -0.2) is 13.1 Å². The minimum absolute atomic E-state index is 0.0608. The molecule has 0 atom stereocenters. The second-order valence-corrected chi connectivity index (χ2v) is 7.18. The summed E-state index contributed by atoms with van der Waals surface area (Å²) in [6, 6.07) is 1.04. The number of rotatable bonds is 6. The molecular weight excluding hydrogens is 318 g/mol. The fourth-order valence-electron chi connectivity index (χ4n) is 1.60. The first-order chi connectivity index (χ1) is 9.85. The Labute approximate surface area is 124 Å². The normalized spacial score (nSPS) is 11.5. The SMILES string of the molecule is CNc1sc(S(=O)(=O)NCc2cn[nH]c2C)cc1[N+](=O)[O-]. The zero-order chi connectivity index (χ0) is 15.6. The second kappa shape index (κ2) is 5.79. The van der Waals surface area contributed by atoms with Gasteiger partial charge in [0.2, 0.25) is 0 Å². The van der Waals surface area contributed by atoms with Crippen molar-refractivity contribution in [2.75, 3.05) is 12.4 Å². The van der Waals surface area contributed by atoms with Crippen molar-refractivity contribution in [2.24, 2.45) is 0 Å². The number of thiophene rings is 1. The van der Waals surface area contributed by atoms with Gasteiger partial charge in [-0.3, -0.25) is 15.2 Å². The predicted octanol–water partition coefficient (Wildman–Crippen LogP) is 1.21. The van der Waals surface area contributed by atoms with E-state index in [0.717, 1.165) is 23.1 Å². The van der Waals surface area contributed by atoms with Gasteiger partial charge in [-0.15, -0.1) is 0 Å². The molecule has 9 nitrogen and oxygen atoms in total. The number of nitro groups is 1. The van der Waals surface area contributed by atoms with E-state index in [-0.39, 0.29) is 21.4 Å². The minimum atomic E-state index is -3.82. The van der Waals surface area contributed by atoms with E-state index in [1.807, 2.05) is 0 Å². The summed E-state index contributed by atoms with van der Waals surface area (Å²) in [5.74, 6) is 0. The Bertz CT molecular complexity index is 764. The van der Waals surface area contributed by atoms with Crippen LogP contribution in [0, 0.1) is 17.0 Å². The van der Waals surface area contributed by atoms with Crippen molar-refractivity contribution in [3.8, 4) is 0 Å². The van der Waals surface area contributed by atoms with E-state index in [4.69, 9.17) is 0 Å². The van der Waals surface area contributed by atoms with E-state index in [9.17, 15) is 18.5 Å². The molecule has 2 rings (SSSR count). The monoisotopic (exact) mass is 331 g/mol. The molecule has 0 aliphatic heterocycles.